The van der Waals surface area contributed by atoms with E-state index in [0.29, 0.717) is 31.3 Å². The molecule has 0 radical (unpaired) electrons. The van der Waals surface area contributed by atoms with Gasteiger partial charge >= 0.3 is 0 Å². The van der Waals surface area contributed by atoms with Crippen molar-refractivity contribution < 1.29 is 9.53 Å². The molecule has 1 amide bonds. The number of nitrogens with two attached hydrogens (primary N) is 1. The Morgan fingerprint density at radius 1 is 0.871 bits per heavy atom. The maximum Gasteiger partial charge on any atom is 0.217 e. The van der Waals surface area contributed by atoms with Gasteiger partial charge in [0.05, 0.1) is 0 Å². The summed E-state index contributed by atoms with van der Waals surface area (Å²) in [6, 6.07) is 22.9. The first-order chi connectivity index (χ1) is 14.9. The number of carbonyl (C=O) groups excluding carboxylic acids is 1. The second kappa shape index (κ2) is 10.3. The zero-order valence-electron chi connectivity index (χ0n) is 19.0. The zero-order chi connectivity index (χ0) is 22.4. The highest BCUT2D eigenvalue weighted by atomic mass is 16.5. The molecule has 3 heteroatoms. The molecule has 0 aliphatic carbocycles. The maximum atomic E-state index is 11.5. The minimum Gasteiger partial charge on any atom is -0.489 e. The third-order valence-electron chi connectivity index (χ3n) is 5.61. The van der Waals surface area contributed by atoms with Crippen LogP contribution in [0.1, 0.15) is 68.2 Å². The van der Waals surface area contributed by atoms with Gasteiger partial charge in [0, 0.05) is 6.42 Å². The molecule has 0 aromatic heterocycles. The predicted octanol–water partition coefficient (Wildman–Crippen LogP) is 6.60. The molecule has 31 heavy (non-hydrogen) atoms. The fourth-order valence-electron chi connectivity index (χ4n) is 3.96. The van der Waals surface area contributed by atoms with Crippen LogP contribution in [0.25, 0.3) is 11.1 Å². The Morgan fingerprint density at radius 2 is 1.52 bits per heavy atom. The zero-order valence-corrected chi connectivity index (χ0v) is 19.0. The van der Waals surface area contributed by atoms with Crippen LogP contribution in [0.4, 0.5) is 0 Å². The fourth-order valence-corrected chi connectivity index (χ4v) is 3.96. The summed E-state index contributed by atoms with van der Waals surface area (Å²) in [6.07, 6.45) is 0.950. The molecular formula is C28H33NO2. The Bertz CT molecular complexity index is 996. The lowest BCUT2D eigenvalue weighted by atomic mass is 9.83. The molecule has 0 fully saturated rings. The van der Waals surface area contributed by atoms with Crippen molar-refractivity contribution in [1.82, 2.24) is 0 Å². The average Bonchev–Trinajstić information content (AvgIpc) is 2.76. The van der Waals surface area contributed by atoms with Gasteiger partial charge in [-0.2, -0.15) is 0 Å². The van der Waals surface area contributed by atoms with Crippen LogP contribution in [0.5, 0.6) is 5.75 Å². The van der Waals surface area contributed by atoms with Crippen molar-refractivity contribution in [2.24, 2.45) is 5.73 Å². The molecule has 3 rings (SSSR count). The van der Waals surface area contributed by atoms with Gasteiger partial charge < -0.3 is 10.5 Å². The Hall–Kier alpha value is -3.07. The van der Waals surface area contributed by atoms with E-state index in [1.54, 1.807) is 0 Å². The number of amides is 1. The molecule has 0 saturated carbocycles. The topological polar surface area (TPSA) is 52.3 Å². The minimum absolute atomic E-state index is 0.281. The second-order valence-electron chi connectivity index (χ2n) is 8.68. The van der Waals surface area contributed by atoms with Gasteiger partial charge in [-0.3, -0.25) is 4.79 Å². The summed E-state index contributed by atoms with van der Waals surface area (Å²) in [5.74, 6) is 1.31. The molecule has 0 aliphatic heterocycles. The summed E-state index contributed by atoms with van der Waals surface area (Å²) < 4.78 is 6.14. The Morgan fingerprint density at radius 3 is 2.10 bits per heavy atom. The van der Waals surface area contributed by atoms with Gasteiger partial charge in [0.2, 0.25) is 5.91 Å². The monoisotopic (exact) mass is 415 g/mol. The highest BCUT2D eigenvalue weighted by Crippen LogP contribution is 2.39. The summed E-state index contributed by atoms with van der Waals surface area (Å²) in [4.78, 5) is 11.5. The fraction of sp³-hybridized carbons (Fsp3) is 0.321. The van der Waals surface area contributed by atoms with Crippen molar-refractivity contribution in [3.05, 3.63) is 89.0 Å². The number of benzene rings is 3. The standard InChI is InChI=1S/C28H33NO2/c1-19(2)24-11-8-12-25(20(3)4)28(24)26-17-23(15-13-22(26)14-16-27(29)30)31-18-21-9-6-5-7-10-21/h5-13,15,17,19-20H,14,16,18H2,1-4H3,(H2,29,30). The first kappa shape index (κ1) is 22.6. The quantitative estimate of drug-likeness (QED) is 0.428. The van der Waals surface area contributed by atoms with Crippen molar-refractivity contribution in [3.63, 3.8) is 0 Å². The van der Waals surface area contributed by atoms with Gasteiger partial charge in [-0.25, -0.2) is 0 Å². The second-order valence-corrected chi connectivity index (χ2v) is 8.68. The minimum atomic E-state index is -0.281. The van der Waals surface area contributed by atoms with E-state index in [-0.39, 0.29) is 5.91 Å². The largest absolute Gasteiger partial charge is 0.489 e. The SMILES string of the molecule is CC(C)c1cccc(C(C)C)c1-c1cc(OCc2ccccc2)ccc1CCC(N)=O. The van der Waals surface area contributed by atoms with Crippen molar-refractivity contribution >= 4 is 5.91 Å². The Kier molecular flexibility index (Phi) is 7.51. The number of rotatable bonds is 9. The highest BCUT2D eigenvalue weighted by Gasteiger charge is 2.19. The summed E-state index contributed by atoms with van der Waals surface area (Å²) in [7, 11) is 0. The van der Waals surface area contributed by atoms with Crippen LogP contribution in [0, 0.1) is 0 Å². The van der Waals surface area contributed by atoms with Gasteiger partial charge in [-0.05, 0) is 63.8 Å². The van der Waals surface area contributed by atoms with Crippen molar-refractivity contribution in [1.29, 1.82) is 0 Å². The lowest BCUT2D eigenvalue weighted by molar-refractivity contribution is -0.117. The van der Waals surface area contributed by atoms with E-state index in [4.69, 9.17) is 10.5 Å². The lowest BCUT2D eigenvalue weighted by Gasteiger charge is -2.22. The molecular weight excluding hydrogens is 382 g/mol. The first-order valence-electron chi connectivity index (χ1n) is 11.1. The van der Waals surface area contributed by atoms with Crippen molar-refractivity contribution in [2.75, 3.05) is 0 Å². The number of hydrogen-bond donors (Lipinski definition) is 1. The molecule has 0 heterocycles. The predicted molar refractivity (Wildman–Crippen MR) is 128 cm³/mol. The number of ether oxygens (including phenoxy) is 1. The number of carbonyl (C=O) groups is 1. The van der Waals surface area contributed by atoms with Gasteiger partial charge in [0.15, 0.2) is 0 Å². The third-order valence-corrected chi connectivity index (χ3v) is 5.61. The Labute approximate surface area is 186 Å². The molecule has 0 bridgehead atoms. The normalized spacial score (nSPS) is 11.2. The van der Waals surface area contributed by atoms with Crippen LogP contribution in [-0.2, 0) is 17.8 Å². The van der Waals surface area contributed by atoms with Crippen molar-refractivity contribution in [2.45, 2.75) is 59.0 Å². The Balaban J connectivity index is 2.08. The molecule has 3 nitrogen and oxygen atoms in total. The summed E-state index contributed by atoms with van der Waals surface area (Å²) in [5, 5.41) is 0. The number of aryl methyl sites for hydroxylation is 1. The first-order valence-corrected chi connectivity index (χ1v) is 11.1. The van der Waals surface area contributed by atoms with Crippen LogP contribution in [0.3, 0.4) is 0 Å². The smallest absolute Gasteiger partial charge is 0.217 e. The van der Waals surface area contributed by atoms with E-state index in [1.165, 1.54) is 16.7 Å². The van der Waals surface area contributed by atoms with Gasteiger partial charge in [-0.15, -0.1) is 0 Å². The van der Waals surface area contributed by atoms with E-state index in [0.717, 1.165) is 22.4 Å². The molecule has 0 atom stereocenters. The van der Waals surface area contributed by atoms with Gasteiger partial charge in [-0.1, -0.05) is 82.3 Å². The highest BCUT2D eigenvalue weighted by molar-refractivity contribution is 5.78. The van der Waals surface area contributed by atoms with E-state index >= 15 is 0 Å². The molecule has 0 saturated heterocycles. The van der Waals surface area contributed by atoms with E-state index < -0.39 is 0 Å². The maximum absolute atomic E-state index is 11.5. The third kappa shape index (κ3) is 5.75. The van der Waals surface area contributed by atoms with Crippen LogP contribution in [-0.4, -0.2) is 5.91 Å². The van der Waals surface area contributed by atoms with Gasteiger partial charge in [0.25, 0.3) is 0 Å². The molecule has 0 unspecified atom stereocenters. The molecule has 0 aliphatic rings. The van der Waals surface area contributed by atoms with Gasteiger partial charge in [0.1, 0.15) is 12.4 Å². The van der Waals surface area contributed by atoms with Crippen molar-refractivity contribution in [3.8, 4) is 16.9 Å². The lowest BCUT2D eigenvalue weighted by Crippen LogP contribution is -2.12. The summed E-state index contributed by atoms with van der Waals surface area (Å²) in [5.41, 5.74) is 12.7. The summed E-state index contributed by atoms with van der Waals surface area (Å²) >= 11 is 0. The number of primary amides is 1. The van der Waals surface area contributed by atoms with Crippen LogP contribution >= 0.6 is 0 Å². The molecule has 0 spiro atoms. The average molecular weight is 416 g/mol. The molecule has 3 aromatic carbocycles. The molecule has 3 aromatic rings. The molecule has 162 valence electrons. The van der Waals surface area contributed by atoms with Crippen LogP contribution < -0.4 is 10.5 Å². The van der Waals surface area contributed by atoms with Crippen LogP contribution in [0.15, 0.2) is 66.7 Å². The summed E-state index contributed by atoms with van der Waals surface area (Å²) in [6.45, 7) is 9.41. The van der Waals surface area contributed by atoms with E-state index in [2.05, 4.69) is 70.2 Å². The van der Waals surface area contributed by atoms with Crippen LogP contribution in [0.2, 0.25) is 0 Å². The van der Waals surface area contributed by atoms with E-state index in [1.807, 2.05) is 24.3 Å². The molecule has 2 N–H and O–H groups in total. The van der Waals surface area contributed by atoms with E-state index in [9.17, 15) is 4.79 Å². The number of hydrogen-bond acceptors (Lipinski definition) is 2.